The minimum atomic E-state index is -4.11. The highest BCUT2D eigenvalue weighted by molar-refractivity contribution is 7.91. The molecule has 0 spiro atoms. The van der Waals surface area contributed by atoms with Gasteiger partial charge in [-0.05, 0) is 35.4 Å². The standard InChI is InChI=1S/C18H19N3O5S2/c1-3-27(23,24)17-10-6-15(7-11-17)13-21-28(25,26)20-12-14-4-8-16(9-5-14)18(22)19-2/h4-13H,3H2,1-2H3,(H,19,22). The number of sulfone groups is 1. The summed E-state index contributed by atoms with van der Waals surface area (Å²) in [6.45, 7) is 1.54. The van der Waals surface area contributed by atoms with Gasteiger partial charge in [-0.15, -0.1) is 0 Å². The molecule has 0 saturated carbocycles. The van der Waals surface area contributed by atoms with Crippen LogP contribution in [0.2, 0.25) is 0 Å². The number of hydrogen-bond donors (Lipinski definition) is 1. The zero-order chi connectivity index (χ0) is 20.8. The molecule has 0 aliphatic heterocycles. The molecule has 2 rings (SSSR count). The first kappa shape index (κ1) is 21.5. The third-order valence-electron chi connectivity index (χ3n) is 3.69. The van der Waals surface area contributed by atoms with E-state index in [1.54, 1.807) is 31.2 Å². The van der Waals surface area contributed by atoms with E-state index >= 15 is 0 Å². The molecule has 0 aliphatic rings. The third-order valence-corrected chi connectivity index (χ3v) is 6.18. The second-order valence-corrected chi connectivity index (χ2v) is 9.19. The van der Waals surface area contributed by atoms with Gasteiger partial charge >= 0.3 is 10.2 Å². The van der Waals surface area contributed by atoms with E-state index in [0.29, 0.717) is 16.7 Å². The molecule has 0 aromatic heterocycles. The highest BCUT2D eigenvalue weighted by Crippen LogP contribution is 2.12. The van der Waals surface area contributed by atoms with Crippen LogP contribution >= 0.6 is 0 Å². The van der Waals surface area contributed by atoms with Crippen molar-refractivity contribution in [3.63, 3.8) is 0 Å². The van der Waals surface area contributed by atoms with Gasteiger partial charge < -0.3 is 5.32 Å². The predicted molar refractivity (Wildman–Crippen MR) is 108 cm³/mol. The molecular weight excluding hydrogens is 402 g/mol. The van der Waals surface area contributed by atoms with E-state index in [0.717, 1.165) is 12.4 Å². The molecule has 0 heterocycles. The van der Waals surface area contributed by atoms with Crippen LogP contribution in [0.3, 0.4) is 0 Å². The Morgan fingerprint density at radius 1 is 0.893 bits per heavy atom. The van der Waals surface area contributed by atoms with Crippen molar-refractivity contribution in [3.05, 3.63) is 65.2 Å². The first-order valence-corrected chi connectivity index (χ1v) is 11.2. The number of rotatable bonds is 7. The van der Waals surface area contributed by atoms with Gasteiger partial charge in [-0.25, -0.2) is 8.42 Å². The fraction of sp³-hybridized carbons (Fsp3) is 0.167. The maximum atomic E-state index is 11.9. The van der Waals surface area contributed by atoms with Gasteiger partial charge in [0.2, 0.25) is 0 Å². The van der Waals surface area contributed by atoms with Crippen LogP contribution in [0.4, 0.5) is 0 Å². The van der Waals surface area contributed by atoms with Crippen LogP contribution in [-0.2, 0) is 20.0 Å². The molecule has 0 atom stereocenters. The summed E-state index contributed by atoms with van der Waals surface area (Å²) in [6, 6.07) is 11.9. The van der Waals surface area contributed by atoms with Crippen molar-refractivity contribution in [2.24, 2.45) is 8.80 Å². The van der Waals surface area contributed by atoms with Crippen LogP contribution in [0.15, 0.2) is 62.2 Å². The van der Waals surface area contributed by atoms with E-state index in [4.69, 9.17) is 0 Å². The first-order valence-electron chi connectivity index (χ1n) is 8.17. The molecule has 0 unspecified atom stereocenters. The molecule has 0 aliphatic carbocycles. The van der Waals surface area contributed by atoms with Crippen LogP contribution < -0.4 is 5.32 Å². The topological polar surface area (TPSA) is 122 Å². The van der Waals surface area contributed by atoms with Crippen molar-refractivity contribution < 1.29 is 21.6 Å². The number of benzene rings is 2. The summed E-state index contributed by atoms with van der Waals surface area (Å²) in [5.74, 6) is -0.272. The molecule has 0 fully saturated rings. The fourth-order valence-corrected chi connectivity index (χ4v) is 3.52. The summed E-state index contributed by atoms with van der Waals surface area (Å²) in [5.41, 5.74) is 1.35. The van der Waals surface area contributed by atoms with Gasteiger partial charge in [0.1, 0.15) is 0 Å². The van der Waals surface area contributed by atoms with E-state index in [1.807, 2.05) is 0 Å². The zero-order valence-electron chi connectivity index (χ0n) is 15.2. The van der Waals surface area contributed by atoms with Crippen molar-refractivity contribution in [2.45, 2.75) is 11.8 Å². The Hall–Kier alpha value is -2.85. The Balaban J connectivity index is 2.10. The van der Waals surface area contributed by atoms with E-state index in [9.17, 15) is 21.6 Å². The monoisotopic (exact) mass is 421 g/mol. The van der Waals surface area contributed by atoms with Crippen LogP contribution in [-0.4, -0.2) is 48.0 Å². The number of nitrogens with zero attached hydrogens (tertiary/aromatic N) is 2. The lowest BCUT2D eigenvalue weighted by molar-refractivity contribution is 0.0963. The summed E-state index contributed by atoms with van der Waals surface area (Å²) in [7, 11) is -5.92. The normalized spacial score (nSPS) is 12.5. The number of nitrogens with one attached hydrogen (secondary N) is 1. The molecule has 8 nitrogen and oxygen atoms in total. The van der Waals surface area contributed by atoms with Gasteiger partial charge in [-0.1, -0.05) is 31.2 Å². The number of amides is 1. The minimum Gasteiger partial charge on any atom is -0.355 e. The van der Waals surface area contributed by atoms with Crippen molar-refractivity contribution >= 4 is 38.4 Å². The second-order valence-electron chi connectivity index (χ2n) is 5.59. The predicted octanol–water partition coefficient (Wildman–Crippen LogP) is 1.62. The smallest absolute Gasteiger partial charge is 0.355 e. The van der Waals surface area contributed by atoms with Gasteiger partial charge in [-0.2, -0.15) is 17.2 Å². The number of carbonyl (C=O) groups excluding carboxylic acids is 1. The number of hydrogen-bond acceptors (Lipinski definition) is 5. The van der Waals surface area contributed by atoms with Gasteiger partial charge in [0.25, 0.3) is 5.91 Å². The minimum absolute atomic E-state index is 0.0202. The van der Waals surface area contributed by atoms with Gasteiger partial charge in [0.05, 0.1) is 10.6 Å². The summed E-state index contributed by atoms with van der Waals surface area (Å²) in [5, 5.41) is 2.48. The maximum Gasteiger partial charge on any atom is 0.362 e. The Morgan fingerprint density at radius 2 is 1.36 bits per heavy atom. The average Bonchev–Trinajstić information content (AvgIpc) is 2.71. The van der Waals surface area contributed by atoms with E-state index in [1.165, 1.54) is 31.3 Å². The molecular formula is C18H19N3O5S2. The van der Waals surface area contributed by atoms with Crippen LogP contribution in [0.25, 0.3) is 0 Å². The van der Waals surface area contributed by atoms with Crippen LogP contribution in [0.1, 0.15) is 28.4 Å². The Labute approximate surface area is 164 Å². The maximum absolute atomic E-state index is 11.9. The van der Waals surface area contributed by atoms with Gasteiger partial charge in [-0.3, -0.25) is 4.79 Å². The third kappa shape index (κ3) is 5.83. The van der Waals surface area contributed by atoms with Crippen molar-refractivity contribution in [1.82, 2.24) is 5.32 Å². The fourth-order valence-electron chi connectivity index (χ4n) is 2.07. The molecule has 1 amide bonds. The Morgan fingerprint density at radius 3 is 1.79 bits per heavy atom. The van der Waals surface area contributed by atoms with E-state index in [2.05, 4.69) is 14.1 Å². The molecule has 2 aromatic carbocycles. The molecule has 0 saturated heterocycles. The van der Waals surface area contributed by atoms with Crippen molar-refractivity contribution in [1.29, 1.82) is 0 Å². The van der Waals surface area contributed by atoms with E-state index < -0.39 is 20.0 Å². The summed E-state index contributed by atoms with van der Waals surface area (Å²) < 4.78 is 54.2. The summed E-state index contributed by atoms with van der Waals surface area (Å²) in [4.78, 5) is 11.6. The highest BCUT2D eigenvalue weighted by Gasteiger charge is 2.10. The van der Waals surface area contributed by atoms with Gasteiger partial charge in [0, 0.05) is 25.0 Å². The van der Waals surface area contributed by atoms with Gasteiger partial charge in [0.15, 0.2) is 9.84 Å². The Bertz CT molecular complexity index is 1100. The summed E-state index contributed by atoms with van der Waals surface area (Å²) in [6.07, 6.45) is 2.21. The lowest BCUT2D eigenvalue weighted by Crippen LogP contribution is -2.17. The zero-order valence-corrected chi connectivity index (χ0v) is 16.9. The van der Waals surface area contributed by atoms with Crippen LogP contribution in [0, 0.1) is 0 Å². The molecule has 28 heavy (non-hydrogen) atoms. The molecule has 1 N–H and O–H groups in total. The quantitative estimate of drug-likeness (QED) is 0.681. The SMILES string of the molecule is CCS(=O)(=O)c1ccc(C=NS(=O)(=O)N=Cc2ccc(C(=O)NC)cc2)cc1. The second kappa shape index (κ2) is 8.89. The van der Waals surface area contributed by atoms with Crippen LogP contribution in [0.5, 0.6) is 0 Å². The average molecular weight is 422 g/mol. The molecule has 0 bridgehead atoms. The molecule has 2 aromatic rings. The first-order chi connectivity index (χ1) is 13.2. The van der Waals surface area contributed by atoms with Crippen molar-refractivity contribution in [2.75, 3.05) is 12.8 Å². The van der Waals surface area contributed by atoms with Crippen molar-refractivity contribution in [3.8, 4) is 0 Å². The summed E-state index contributed by atoms with van der Waals surface area (Å²) >= 11 is 0. The lowest BCUT2D eigenvalue weighted by Gasteiger charge is -2.01. The molecule has 0 radical (unpaired) electrons. The highest BCUT2D eigenvalue weighted by atomic mass is 32.2. The van der Waals surface area contributed by atoms with E-state index in [-0.39, 0.29) is 16.6 Å². The largest absolute Gasteiger partial charge is 0.362 e. The molecule has 148 valence electrons. The number of carbonyl (C=O) groups is 1. The Kier molecular flexibility index (Phi) is 6.81. The molecule has 10 heteroatoms. The lowest BCUT2D eigenvalue weighted by atomic mass is 10.1.